The van der Waals surface area contributed by atoms with E-state index in [9.17, 15) is 0 Å². The van der Waals surface area contributed by atoms with Gasteiger partial charge in [-0.25, -0.2) is 0 Å². The lowest BCUT2D eigenvalue weighted by molar-refractivity contribution is 0.0536. The van der Waals surface area contributed by atoms with Crippen molar-refractivity contribution in [3.05, 3.63) is 5.82 Å². The van der Waals surface area contributed by atoms with Crippen LogP contribution in [0, 0.1) is 5.92 Å². The van der Waals surface area contributed by atoms with Crippen LogP contribution in [-0.2, 0) is 15.9 Å². The summed E-state index contributed by atoms with van der Waals surface area (Å²) in [5.74, 6) is 2.70. The van der Waals surface area contributed by atoms with Crippen molar-refractivity contribution in [2.75, 3.05) is 59.9 Å². The lowest BCUT2D eigenvalue weighted by Gasteiger charge is -2.22. The number of aliphatic imine (C=N–C) groups is 1. The maximum absolute atomic E-state index is 5.70. The molecule has 2 heterocycles. The van der Waals surface area contributed by atoms with Gasteiger partial charge in [-0.2, -0.15) is 0 Å². The zero-order valence-electron chi connectivity index (χ0n) is 18.8. The van der Waals surface area contributed by atoms with Crippen LogP contribution in [0.2, 0.25) is 0 Å². The van der Waals surface area contributed by atoms with Crippen molar-refractivity contribution in [3.8, 4) is 0 Å². The molecule has 0 amide bonds. The van der Waals surface area contributed by atoms with Crippen molar-refractivity contribution in [1.29, 1.82) is 0 Å². The highest BCUT2D eigenvalue weighted by atomic mass is 32.2. The van der Waals surface area contributed by atoms with Crippen molar-refractivity contribution >= 4 is 17.7 Å². The first-order valence-electron chi connectivity index (χ1n) is 11.3. The Kier molecular flexibility index (Phi) is 9.74. The summed E-state index contributed by atoms with van der Waals surface area (Å²) >= 11 is 1.71. The van der Waals surface area contributed by atoms with Crippen molar-refractivity contribution in [3.63, 3.8) is 0 Å². The van der Waals surface area contributed by atoms with Crippen LogP contribution in [-0.4, -0.2) is 85.5 Å². The molecule has 1 aliphatic heterocycles. The Balaban J connectivity index is 1.41. The van der Waals surface area contributed by atoms with Gasteiger partial charge in [0.25, 0.3) is 0 Å². The molecule has 30 heavy (non-hydrogen) atoms. The van der Waals surface area contributed by atoms with Crippen LogP contribution in [0.5, 0.6) is 0 Å². The van der Waals surface area contributed by atoms with Gasteiger partial charge < -0.3 is 24.3 Å². The van der Waals surface area contributed by atoms with Crippen LogP contribution in [0.25, 0.3) is 0 Å². The Morgan fingerprint density at radius 2 is 2.07 bits per heavy atom. The molecular formula is C21H38N6O2S. The standard InChI is InChI=1S/C21H38N6O2S/c1-22-20(26-12-10-17(15-26)16-29-14-13-28-2)23-11-6-9-19-24-25-21(30-3)27(19)18-7-4-5-8-18/h17-18H,4-16H2,1-3H3,(H,22,23). The third kappa shape index (κ3) is 6.34. The zero-order chi connectivity index (χ0) is 21.2. The van der Waals surface area contributed by atoms with Crippen LogP contribution in [0.1, 0.15) is 50.4 Å². The second kappa shape index (κ2) is 12.5. The van der Waals surface area contributed by atoms with Gasteiger partial charge >= 0.3 is 0 Å². The molecule has 9 heteroatoms. The molecule has 1 N–H and O–H groups in total. The summed E-state index contributed by atoms with van der Waals surface area (Å²) in [5, 5.41) is 13.5. The molecule has 2 aliphatic rings. The first kappa shape index (κ1) is 23.3. The average Bonchev–Trinajstić information content (AvgIpc) is 3.51. The molecule has 0 bridgehead atoms. The molecule has 170 valence electrons. The van der Waals surface area contributed by atoms with E-state index in [4.69, 9.17) is 9.47 Å². The maximum atomic E-state index is 5.70. The Hall–Kier alpha value is -1.32. The normalized spacial score (nSPS) is 20.4. The molecule has 1 unspecified atom stereocenters. The van der Waals surface area contributed by atoms with Crippen molar-refractivity contribution in [2.45, 2.75) is 56.1 Å². The van der Waals surface area contributed by atoms with E-state index in [2.05, 4.69) is 36.2 Å². The largest absolute Gasteiger partial charge is 0.382 e. The Morgan fingerprint density at radius 1 is 1.23 bits per heavy atom. The van der Waals surface area contributed by atoms with E-state index >= 15 is 0 Å². The number of thioether (sulfide) groups is 1. The number of hydrogen-bond acceptors (Lipinski definition) is 6. The third-order valence-corrected chi connectivity index (χ3v) is 6.69. The van der Waals surface area contributed by atoms with Crippen molar-refractivity contribution in [2.24, 2.45) is 10.9 Å². The van der Waals surface area contributed by atoms with Gasteiger partial charge in [0.2, 0.25) is 0 Å². The highest BCUT2D eigenvalue weighted by Gasteiger charge is 2.25. The number of hydrogen-bond donors (Lipinski definition) is 1. The third-order valence-electron chi connectivity index (χ3n) is 6.05. The van der Waals surface area contributed by atoms with Crippen LogP contribution in [0.15, 0.2) is 10.1 Å². The fourth-order valence-electron chi connectivity index (χ4n) is 4.48. The fraction of sp³-hybridized carbons (Fsp3) is 0.857. The number of ether oxygens (including phenoxy) is 2. The number of aryl methyl sites for hydroxylation is 1. The first-order valence-corrected chi connectivity index (χ1v) is 12.5. The summed E-state index contributed by atoms with van der Waals surface area (Å²) in [5.41, 5.74) is 0. The minimum Gasteiger partial charge on any atom is -0.382 e. The summed E-state index contributed by atoms with van der Waals surface area (Å²) in [4.78, 5) is 6.84. The molecule has 1 aliphatic carbocycles. The molecule has 1 saturated heterocycles. The lowest BCUT2D eigenvalue weighted by Crippen LogP contribution is -2.40. The molecule has 0 radical (unpaired) electrons. The molecule has 8 nitrogen and oxygen atoms in total. The first-order chi connectivity index (χ1) is 14.8. The van der Waals surface area contributed by atoms with Gasteiger partial charge in [-0.15, -0.1) is 10.2 Å². The van der Waals surface area contributed by atoms with Gasteiger partial charge in [0.15, 0.2) is 11.1 Å². The Bertz CT molecular complexity index is 662. The van der Waals surface area contributed by atoms with Gasteiger partial charge in [-0.1, -0.05) is 24.6 Å². The molecule has 3 rings (SSSR count). The molecule has 1 atom stereocenters. The summed E-state index contributed by atoms with van der Waals surface area (Å²) in [6.07, 6.45) is 10.4. The van der Waals surface area contributed by atoms with Gasteiger partial charge in [-0.3, -0.25) is 4.99 Å². The molecule has 1 aromatic rings. The predicted molar refractivity (Wildman–Crippen MR) is 121 cm³/mol. The summed E-state index contributed by atoms with van der Waals surface area (Å²) in [6.45, 7) is 5.05. The second-order valence-electron chi connectivity index (χ2n) is 8.16. The number of aromatic nitrogens is 3. The van der Waals surface area contributed by atoms with Gasteiger partial charge in [0, 0.05) is 52.2 Å². The van der Waals surface area contributed by atoms with E-state index in [0.29, 0.717) is 25.2 Å². The number of likely N-dealkylation sites (tertiary alicyclic amines) is 1. The molecule has 0 spiro atoms. The Morgan fingerprint density at radius 3 is 2.80 bits per heavy atom. The quantitative estimate of drug-likeness (QED) is 0.246. The summed E-state index contributed by atoms with van der Waals surface area (Å²) in [6, 6.07) is 0.589. The summed E-state index contributed by atoms with van der Waals surface area (Å²) in [7, 11) is 3.57. The minimum absolute atomic E-state index is 0.565. The summed E-state index contributed by atoms with van der Waals surface area (Å²) < 4.78 is 13.1. The van der Waals surface area contributed by atoms with Crippen molar-refractivity contribution in [1.82, 2.24) is 25.0 Å². The van der Waals surface area contributed by atoms with Crippen LogP contribution < -0.4 is 5.32 Å². The molecular weight excluding hydrogens is 400 g/mol. The zero-order valence-corrected chi connectivity index (χ0v) is 19.6. The molecule has 1 saturated carbocycles. The van der Waals surface area contributed by atoms with E-state index in [-0.39, 0.29) is 0 Å². The highest BCUT2D eigenvalue weighted by molar-refractivity contribution is 7.98. The monoisotopic (exact) mass is 438 g/mol. The smallest absolute Gasteiger partial charge is 0.193 e. The number of nitrogens with one attached hydrogen (secondary N) is 1. The topological polar surface area (TPSA) is 76.8 Å². The van der Waals surface area contributed by atoms with E-state index in [1.54, 1.807) is 18.9 Å². The van der Waals surface area contributed by atoms with Crippen LogP contribution >= 0.6 is 11.8 Å². The highest BCUT2D eigenvalue weighted by Crippen LogP contribution is 2.33. The molecule has 2 fully saturated rings. The van der Waals surface area contributed by atoms with Gasteiger partial charge in [-0.05, 0) is 31.9 Å². The number of nitrogens with zero attached hydrogens (tertiary/aromatic N) is 5. The fourth-order valence-corrected chi connectivity index (χ4v) is 5.05. The second-order valence-corrected chi connectivity index (χ2v) is 8.93. The average molecular weight is 439 g/mol. The van der Waals surface area contributed by atoms with Crippen LogP contribution in [0.3, 0.4) is 0 Å². The number of rotatable bonds is 11. The predicted octanol–water partition coefficient (Wildman–Crippen LogP) is 2.61. The van der Waals surface area contributed by atoms with Gasteiger partial charge in [0.1, 0.15) is 5.82 Å². The molecule has 1 aromatic heterocycles. The van der Waals surface area contributed by atoms with Gasteiger partial charge in [0.05, 0.1) is 19.8 Å². The van der Waals surface area contributed by atoms with E-state index in [1.165, 1.54) is 25.7 Å². The van der Waals surface area contributed by atoms with Crippen LogP contribution in [0.4, 0.5) is 0 Å². The van der Waals surface area contributed by atoms with Crippen molar-refractivity contribution < 1.29 is 9.47 Å². The number of guanidine groups is 1. The SMILES string of the molecule is CN=C(NCCCc1nnc(SC)n1C1CCCC1)N1CCC(COCCOC)C1. The molecule has 0 aromatic carbocycles. The minimum atomic E-state index is 0.565. The maximum Gasteiger partial charge on any atom is 0.193 e. The van der Waals surface area contributed by atoms with E-state index < -0.39 is 0 Å². The lowest BCUT2D eigenvalue weighted by atomic mass is 10.1. The van der Waals surface area contributed by atoms with E-state index in [1.807, 2.05) is 7.05 Å². The number of methoxy groups -OCH3 is 1. The Labute approximate surface area is 185 Å². The van der Waals surface area contributed by atoms with E-state index in [0.717, 1.165) is 62.4 Å².